The molecule has 2 heterocycles. The molecule has 0 N–H and O–H groups in total. The number of nitrogens with zero attached hydrogens (tertiary/aromatic N) is 3. The SMILES string of the molecule is CC(=O)c1ccn(C(=O)N2C[C@H]3C[C@H](Oc4ccccc4-c4ccccc4)C[C@H]3C2)n1. The number of aromatic nitrogens is 2. The van der Waals surface area contributed by atoms with Crippen LogP contribution in [0.3, 0.4) is 0 Å². The van der Waals surface area contributed by atoms with Crippen molar-refractivity contribution in [2.24, 2.45) is 11.8 Å². The molecule has 5 rings (SSSR count). The first-order valence-corrected chi connectivity index (χ1v) is 10.8. The molecule has 0 unspecified atom stereocenters. The molecule has 3 atom stereocenters. The molecule has 6 heteroatoms. The molecule has 1 aliphatic heterocycles. The highest BCUT2D eigenvalue weighted by atomic mass is 16.5. The van der Waals surface area contributed by atoms with Crippen LogP contribution >= 0.6 is 0 Å². The lowest BCUT2D eigenvalue weighted by Gasteiger charge is -2.21. The number of carbonyl (C=O) groups excluding carboxylic acids is 2. The lowest BCUT2D eigenvalue weighted by atomic mass is 10.0. The molecule has 3 aromatic rings. The fourth-order valence-corrected chi connectivity index (χ4v) is 4.87. The van der Waals surface area contributed by atoms with Gasteiger partial charge in [-0.25, -0.2) is 4.79 Å². The van der Waals surface area contributed by atoms with Crippen molar-refractivity contribution in [3.05, 3.63) is 72.6 Å². The van der Waals surface area contributed by atoms with Crippen LogP contribution in [0.15, 0.2) is 66.9 Å². The Kier molecular flexibility index (Phi) is 5.06. The van der Waals surface area contributed by atoms with E-state index in [-0.39, 0.29) is 17.9 Å². The van der Waals surface area contributed by atoms with Crippen LogP contribution < -0.4 is 4.74 Å². The first-order valence-electron chi connectivity index (χ1n) is 10.8. The number of amides is 1. The van der Waals surface area contributed by atoms with Gasteiger partial charge in [-0.2, -0.15) is 9.78 Å². The van der Waals surface area contributed by atoms with E-state index in [2.05, 4.69) is 23.3 Å². The Labute approximate surface area is 181 Å². The molecular formula is C25H25N3O3. The molecule has 0 radical (unpaired) electrons. The average molecular weight is 415 g/mol. The van der Waals surface area contributed by atoms with E-state index in [1.54, 1.807) is 12.3 Å². The zero-order valence-electron chi connectivity index (χ0n) is 17.5. The number of fused-ring (bicyclic) bond motifs is 1. The van der Waals surface area contributed by atoms with Crippen molar-refractivity contribution >= 4 is 11.8 Å². The molecule has 0 spiro atoms. The van der Waals surface area contributed by atoms with Crippen LogP contribution in [0, 0.1) is 11.8 Å². The summed E-state index contributed by atoms with van der Waals surface area (Å²) >= 11 is 0. The predicted molar refractivity (Wildman–Crippen MR) is 117 cm³/mol. The maximum Gasteiger partial charge on any atom is 0.344 e. The monoisotopic (exact) mass is 415 g/mol. The lowest BCUT2D eigenvalue weighted by Crippen LogP contribution is -2.34. The first kappa shape index (κ1) is 19.5. The number of carbonyl (C=O) groups is 2. The third-order valence-corrected chi connectivity index (χ3v) is 6.39. The molecule has 1 aromatic heterocycles. The van der Waals surface area contributed by atoms with E-state index in [1.807, 2.05) is 41.3 Å². The third kappa shape index (κ3) is 3.85. The van der Waals surface area contributed by atoms with Crippen molar-refractivity contribution in [3.8, 4) is 16.9 Å². The maximum absolute atomic E-state index is 12.8. The number of hydrogen-bond donors (Lipinski definition) is 0. The standard InChI is InChI=1S/C25H25N3O3/c1-17(29)23-11-12-28(26-23)25(30)27-15-19-13-21(14-20(19)16-27)31-24-10-6-5-9-22(24)18-7-3-2-4-8-18/h2-12,19-21H,13-16H2,1H3/t19-,20+,21+. The molecule has 1 saturated heterocycles. The summed E-state index contributed by atoms with van der Waals surface area (Å²) in [4.78, 5) is 26.1. The van der Waals surface area contributed by atoms with E-state index >= 15 is 0 Å². The van der Waals surface area contributed by atoms with Crippen LogP contribution in [-0.2, 0) is 0 Å². The Balaban J connectivity index is 1.23. The van der Waals surface area contributed by atoms with Crippen molar-refractivity contribution in [1.82, 2.24) is 14.7 Å². The minimum atomic E-state index is -0.159. The Bertz CT molecular complexity index is 1090. The van der Waals surface area contributed by atoms with Crippen LogP contribution in [0.2, 0.25) is 0 Å². The molecule has 2 aromatic carbocycles. The highest BCUT2D eigenvalue weighted by Gasteiger charge is 2.43. The summed E-state index contributed by atoms with van der Waals surface area (Å²) in [6.45, 7) is 2.87. The number of likely N-dealkylation sites (tertiary alicyclic amines) is 1. The number of para-hydroxylation sites is 1. The van der Waals surface area contributed by atoms with Gasteiger partial charge in [0.1, 0.15) is 11.4 Å². The largest absolute Gasteiger partial charge is 0.490 e. The Morgan fingerprint density at radius 3 is 2.29 bits per heavy atom. The third-order valence-electron chi connectivity index (χ3n) is 6.39. The summed E-state index contributed by atoms with van der Waals surface area (Å²) in [7, 11) is 0. The van der Waals surface area contributed by atoms with Gasteiger partial charge in [-0.05, 0) is 42.4 Å². The van der Waals surface area contributed by atoms with Crippen molar-refractivity contribution < 1.29 is 14.3 Å². The summed E-state index contributed by atoms with van der Waals surface area (Å²) in [5.41, 5.74) is 2.58. The van der Waals surface area contributed by atoms with Gasteiger partial charge >= 0.3 is 6.03 Å². The first-order chi connectivity index (χ1) is 15.1. The van der Waals surface area contributed by atoms with Gasteiger partial charge in [-0.1, -0.05) is 48.5 Å². The zero-order valence-corrected chi connectivity index (χ0v) is 17.5. The van der Waals surface area contributed by atoms with Crippen molar-refractivity contribution in [3.63, 3.8) is 0 Å². The van der Waals surface area contributed by atoms with Gasteiger partial charge in [0.15, 0.2) is 5.78 Å². The van der Waals surface area contributed by atoms with E-state index in [4.69, 9.17) is 4.74 Å². The molecule has 2 fully saturated rings. The van der Waals surface area contributed by atoms with Gasteiger partial charge < -0.3 is 9.64 Å². The molecule has 158 valence electrons. The van der Waals surface area contributed by atoms with Gasteiger partial charge in [-0.3, -0.25) is 4.79 Å². The van der Waals surface area contributed by atoms with Crippen LogP contribution in [0.1, 0.15) is 30.3 Å². The number of hydrogen-bond acceptors (Lipinski definition) is 4. The van der Waals surface area contributed by atoms with Crippen LogP contribution in [0.5, 0.6) is 5.75 Å². The van der Waals surface area contributed by atoms with E-state index in [0.29, 0.717) is 30.6 Å². The molecule has 6 nitrogen and oxygen atoms in total. The number of benzene rings is 2. The smallest absolute Gasteiger partial charge is 0.344 e. The fraction of sp³-hybridized carbons (Fsp3) is 0.320. The number of rotatable bonds is 4. The van der Waals surface area contributed by atoms with Crippen LogP contribution in [-0.4, -0.2) is 45.7 Å². The molecule has 2 aliphatic rings. The van der Waals surface area contributed by atoms with Crippen molar-refractivity contribution in [1.29, 1.82) is 0 Å². The minimum Gasteiger partial charge on any atom is -0.490 e. The molecule has 1 aliphatic carbocycles. The van der Waals surface area contributed by atoms with E-state index in [1.165, 1.54) is 11.6 Å². The summed E-state index contributed by atoms with van der Waals surface area (Å²) in [6.07, 6.45) is 3.61. The normalized spacial score (nSPS) is 22.4. The van der Waals surface area contributed by atoms with Crippen molar-refractivity contribution in [2.45, 2.75) is 25.9 Å². The number of ketones is 1. The summed E-state index contributed by atoms with van der Waals surface area (Å²) < 4.78 is 7.73. The highest BCUT2D eigenvalue weighted by molar-refractivity contribution is 5.92. The van der Waals surface area contributed by atoms with E-state index in [9.17, 15) is 9.59 Å². The zero-order chi connectivity index (χ0) is 21.4. The molecule has 1 amide bonds. The average Bonchev–Trinajstić information content (AvgIpc) is 3.49. The highest BCUT2D eigenvalue weighted by Crippen LogP contribution is 2.41. The second-order valence-electron chi connectivity index (χ2n) is 8.48. The topological polar surface area (TPSA) is 64.4 Å². The maximum atomic E-state index is 12.8. The van der Waals surface area contributed by atoms with Crippen molar-refractivity contribution in [2.75, 3.05) is 13.1 Å². The molecular weight excluding hydrogens is 390 g/mol. The van der Waals surface area contributed by atoms with E-state index < -0.39 is 0 Å². The summed E-state index contributed by atoms with van der Waals surface area (Å²) in [6, 6.07) is 19.9. The second-order valence-corrected chi connectivity index (χ2v) is 8.48. The summed E-state index contributed by atoms with van der Waals surface area (Å²) in [5, 5.41) is 4.11. The predicted octanol–water partition coefficient (Wildman–Crippen LogP) is 4.51. The Morgan fingerprint density at radius 1 is 0.935 bits per heavy atom. The van der Waals surface area contributed by atoms with Crippen LogP contribution in [0.25, 0.3) is 11.1 Å². The molecule has 31 heavy (non-hydrogen) atoms. The van der Waals surface area contributed by atoms with E-state index in [0.717, 1.165) is 29.7 Å². The number of Topliss-reactive ketones (excluding diaryl/α,β-unsaturated/α-hetero) is 1. The van der Waals surface area contributed by atoms with Gasteiger partial charge in [0.2, 0.25) is 0 Å². The van der Waals surface area contributed by atoms with Gasteiger partial charge in [-0.15, -0.1) is 0 Å². The van der Waals surface area contributed by atoms with Gasteiger partial charge in [0.25, 0.3) is 0 Å². The summed E-state index contributed by atoms with van der Waals surface area (Å²) in [5.74, 6) is 1.64. The second kappa shape index (κ2) is 8.02. The lowest BCUT2D eigenvalue weighted by molar-refractivity contribution is 0.101. The quantitative estimate of drug-likeness (QED) is 0.588. The van der Waals surface area contributed by atoms with Gasteiger partial charge in [0.05, 0.1) is 6.10 Å². The molecule has 1 saturated carbocycles. The Morgan fingerprint density at radius 2 is 1.61 bits per heavy atom. The fourth-order valence-electron chi connectivity index (χ4n) is 4.87. The Hall–Kier alpha value is -3.41. The number of ether oxygens (including phenoxy) is 1. The minimum absolute atomic E-state index is 0.138. The van der Waals surface area contributed by atoms with Crippen LogP contribution in [0.4, 0.5) is 4.79 Å². The van der Waals surface area contributed by atoms with Gasteiger partial charge in [0, 0.05) is 31.8 Å². The molecule has 0 bridgehead atoms.